The van der Waals surface area contributed by atoms with Gasteiger partial charge in [0.1, 0.15) is 5.82 Å². The molecule has 1 aromatic rings. The van der Waals surface area contributed by atoms with Gasteiger partial charge in [-0.1, -0.05) is 0 Å². The third kappa shape index (κ3) is 6.13. The molecular weight excluding hydrogens is 356 g/mol. The lowest BCUT2D eigenvalue weighted by atomic mass is 9.97. The SMILES string of the molecule is Cl.NCCNC(=O)C1CCCN(C(=O)COc2ccc(F)cc2F)C1. The van der Waals surface area contributed by atoms with Gasteiger partial charge in [0.25, 0.3) is 5.91 Å². The number of amides is 2. The quantitative estimate of drug-likeness (QED) is 0.777. The largest absolute Gasteiger partial charge is 0.481 e. The Balaban J connectivity index is 0.00000312. The van der Waals surface area contributed by atoms with Crippen LogP contribution in [0, 0.1) is 17.6 Å². The van der Waals surface area contributed by atoms with Gasteiger partial charge >= 0.3 is 0 Å². The van der Waals surface area contributed by atoms with Crippen molar-refractivity contribution < 1.29 is 23.1 Å². The summed E-state index contributed by atoms with van der Waals surface area (Å²) in [7, 11) is 0. The number of nitrogens with one attached hydrogen (secondary N) is 1. The fourth-order valence-electron chi connectivity index (χ4n) is 2.58. The molecule has 1 aliphatic heterocycles. The number of carbonyl (C=O) groups is 2. The molecule has 3 N–H and O–H groups in total. The lowest BCUT2D eigenvalue weighted by Gasteiger charge is -2.32. The second-order valence-electron chi connectivity index (χ2n) is 5.62. The van der Waals surface area contributed by atoms with Gasteiger partial charge < -0.3 is 20.7 Å². The van der Waals surface area contributed by atoms with Crippen molar-refractivity contribution in [2.75, 3.05) is 32.8 Å². The minimum Gasteiger partial charge on any atom is -0.481 e. The Labute approximate surface area is 151 Å². The van der Waals surface area contributed by atoms with Gasteiger partial charge in [0, 0.05) is 32.2 Å². The van der Waals surface area contributed by atoms with E-state index in [-0.39, 0.29) is 42.5 Å². The van der Waals surface area contributed by atoms with Crippen molar-refractivity contribution >= 4 is 24.2 Å². The topological polar surface area (TPSA) is 84.7 Å². The van der Waals surface area contributed by atoms with Crippen LogP contribution in [0.3, 0.4) is 0 Å². The molecule has 1 saturated heterocycles. The third-order valence-corrected chi connectivity index (χ3v) is 3.83. The Bertz CT molecular complexity index is 604. The first-order chi connectivity index (χ1) is 11.5. The zero-order chi connectivity index (χ0) is 17.5. The van der Waals surface area contributed by atoms with Gasteiger partial charge in [-0.2, -0.15) is 0 Å². The first-order valence-corrected chi connectivity index (χ1v) is 7.84. The summed E-state index contributed by atoms with van der Waals surface area (Å²) in [5, 5.41) is 2.71. The molecule has 2 rings (SSSR count). The number of nitrogens with zero attached hydrogens (tertiary/aromatic N) is 1. The Morgan fingerprint density at radius 1 is 1.36 bits per heavy atom. The van der Waals surface area contributed by atoms with Crippen LogP contribution in [0.4, 0.5) is 8.78 Å². The fourth-order valence-corrected chi connectivity index (χ4v) is 2.58. The Morgan fingerprint density at radius 3 is 2.80 bits per heavy atom. The van der Waals surface area contributed by atoms with E-state index in [0.717, 1.165) is 12.1 Å². The molecule has 0 spiro atoms. The van der Waals surface area contributed by atoms with E-state index in [0.29, 0.717) is 45.1 Å². The minimum atomic E-state index is -0.861. The second-order valence-corrected chi connectivity index (χ2v) is 5.62. The summed E-state index contributed by atoms with van der Waals surface area (Å²) in [6, 6.07) is 2.89. The standard InChI is InChI=1S/C16H21F2N3O3.ClH/c17-12-3-4-14(13(18)8-12)24-10-15(22)21-7-1-2-11(9-21)16(23)20-6-5-19;/h3-4,8,11H,1-2,5-7,9-10,19H2,(H,20,23);1H. The summed E-state index contributed by atoms with van der Waals surface area (Å²) in [6.07, 6.45) is 1.41. The zero-order valence-electron chi connectivity index (χ0n) is 13.7. The number of benzene rings is 1. The maximum atomic E-state index is 13.5. The summed E-state index contributed by atoms with van der Waals surface area (Å²) >= 11 is 0. The lowest BCUT2D eigenvalue weighted by Crippen LogP contribution is -2.47. The van der Waals surface area contributed by atoms with Crippen molar-refractivity contribution in [2.24, 2.45) is 11.7 Å². The molecule has 0 aliphatic carbocycles. The molecule has 1 fully saturated rings. The number of hydrogen-bond acceptors (Lipinski definition) is 4. The summed E-state index contributed by atoms with van der Waals surface area (Å²) in [4.78, 5) is 25.7. The van der Waals surface area contributed by atoms with E-state index in [2.05, 4.69) is 5.32 Å². The van der Waals surface area contributed by atoms with Crippen molar-refractivity contribution in [3.63, 3.8) is 0 Å². The number of halogens is 3. The van der Waals surface area contributed by atoms with E-state index in [4.69, 9.17) is 10.5 Å². The summed E-state index contributed by atoms with van der Waals surface area (Å²) in [6.45, 7) is 1.22. The molecule has 140 valence electrons. The van der Waals surface area contributed by atoms with Crippen molar-refractivity contribution in [1.29, 1.82) is 0 Å². The van der Waals surface area contributed by atoms with Gasteiger partial charge in [-0.3, -0.25) is 9.59 Å². The lowest BCUT2D eigenvalue weighted by molar-refractivity contribution is -0.137. The van der Waals surface area contributed by atoms with Crippen LogP contribution in [0.2, 0.25) is 0 Å². The number of likely N-dealkylation sites (tertiary alicyclic amines) is 1. The number of nitrogens with two attached hydrogens (primary N) is 1. The Kier molecular flexibility index (Phi) is 8.57. The predicted molar refractivity (Wildman–Crippen MR) is 90.5 cm³/mol. The van der Waals surface area contributed by atoms with Gasteiger partial charge in [-0.15, -0.1) is 12.4 Å². The normalized spacial score (nSPS) is 16.8. The monoisotopic (exact) mass is 377 g/mol. The number of hydrogen-bond donors (Lipinski definition) is 2. The van der Waals surface area contributed by atoms with Crippen LogP contribution in [0.1, 0.15) is 12.8 Å². The van der Waals surface area contributed by atoms with Gasteiger partial charge in [-0.25, -0.2) is 8.78 Å². The van der Waals surface area contributed by atoms with Crippen molar-refractivity contribution in [3.05, 3.63) is 29.8 Å². The molecule has 0 bridgehead atoms. The van der Waals surface area contributed by atoms with Crippen LogP contribution in [0.25, 0.3) is 0 Å². The smallest absolute Gasteiger partial charge is 0.260 e. The predicted octanol–water partition coefficient (Wildman–Crippen LogP) is 1.08. The molecule has 25 heavy (non-hydrogen) atoms. The second kappa shape index (κ2) is 10.1. The van der Waals surface area contributed by atoms with Gasteiger partial charge in [0.15, 0.2) is 18.2 Å². The molecule has 6 nitrogen and oxygen atoms in total. The minimum absolute atomic E-state index is 0. The number of carbonyl (C=O) groups excluding carboxylic acids is 2. The zero-order valence-corrected chi connectivity index (χ0v) is 14.5. The van der Waals surface area contributed by atoms with Crippen LogP contribution in [-0.4, -0.2) is 49.5 Å². The molecule has 0 saturated carbocycles. The van der Waals surface area contributed by atoms with E-state index in [1.54, 1.807) is 0 Å². The maximum Gasteiger partial charge on any atom is 0.260 e. The van der Waals surface area contributed by atoms with E-state index < -0.39 is 11.6 Å². The molecule has 1 atom stereocenters. The third-order valence-electron chi connectivity index (χ3n) is 3.83. The van der Waals surface area contributed by atoms with E-state index in [9.17, 15) is 18.4 Å². The molecule has 2 amide bonds. The number of rotatable bonds is 6. The molecule has 1 aliphatic rings. The average Bonchev–Trinajstić information content (AvgIpc) is 2.58. The molecule has 0 aromatic heterocycles. The Hall–Kier alpha value is -1.93. The highest BCUT2D eigenvalue weighted by Gasteiger charge is 2.28. The molecule has 1 unspecified atom stereocenters. The average molecular weight is 378 g/mol. The van der Waals surface area contributed by atoms with Gasteiger partial charge in [-0.05, 0) is 25.0 Å². The Morgan fingerprint density at radius 2 is 2.12 bits per heavy atom. The first-order valence-electron chi connectivity index (χ1n) is 7.84. The summed E-state index contributed by atoms with van der Waals surface area (Å²) in [5.41, 5.74) is 5.35. The van der Waals surface area contributed by atoms with Crippen molar-refractivity contribution in [3.8, 4) is 5.75 Å². The number of piperidine rings is 1. The first kappa shape index (κ1) is 21.1. The highest BCUT2D eigenvalue weighted by molar-refractivity contribution is 5.85. The molecular formula is C16H22ClF2N3O3. The van der Waals surface area contributed by atoms with Gasteiger partial charge in [0.2, 0.25) is 5.91 Å². The van der Waals surface area contributed by atoms with Gasteiger partial charge in [0.05, 0.1) is 5.92 Å². The van der Waals surface area contributed by atoms with Crippen LogP contribution in [0.5, 0.6) is 5.75 Å². The van der Waals surface area contributed by atoms with Crippen LogP contribution >= 0.6 is 12.4 Å². The van der Waals surface area contributed by atoms with E-state index >= 15 is 0 Å². The van der Waals surface area contributed by atoms with Crippen molar-refractivity contribution in [1.82, 2.24) is 10.2 Å². The van der Waals surface area contributed by atoms with E-state index in [1.165, 1.54) is 4.90 Å². The fraction of sp³-hybridized carbons (Fsp3) is 0.500. The summed E-state index contributed by atoms with van der Waals surface area (Å²) in [5.74, 6) is -2.50. The number of ether oxygens (including phenoxy) is 1. The molecule has 1 heterocycles. The van der Waals surface area contributed by atoms with E-state index in [1.807, 2.05) is 0 Å². The highest BCUT2D eigenvalue weighted by Crippen LogP contribution is 2.19. The summed E-state index contributed by atoms with van der Waals surface area (Å²) < 4.78 is 31.4. The van der Waals surface area contributed by atoms with Crippen LogP contribution in [0.15, 0.2) is 18.2 Å². The maximum absolute atomic E-state index is 13.5. The van der Waals surface area contributed by atoms with Crippen LogP contribution in [-0.2, 0) is 9.59 Å². The van der Waals surface area contributed by atoms with Crippen LogP contribution < -0.4 is 15.8 Å². The molecule has 0 radical (unpaired) electrons. The van der Waals surface area contributed by atoms with Crippen molar-refractivity contribution in [2.45, 2.75) is 12.8 Å². The highest BCUT2D eigenvalue weighted by atomic mass is 35.5. The molecule has 1 aromatic carbocycles. The molecule has 9 heteroatoms.